The molecule has 1 fully saturated rings. The molecule has 2 aromatic rings. The molecule has 0 heterocycles. The minimum absolute atomic E-state index is 0.127. The van der Waals surface area contributed by atoms with Crippen LogP contribution >= 0.6 is 15.9 Å². The Hall–Kier alpha value is -1.88. The Labute approximate surface area is 131 Å². The van der Waals surface area contributed by atoms with Gasteiger partial charge in [0.15, 0.2) is 0 Å². The number of rotatable bonds is 4. The fourth-order valence-electron chi connectivity index (χ4n) is 2.66. The van der Waals surface area contributed by atoms with Crippen molar-refractivity contribution < 1.29 is 4.92 Å². The van der Waals surface area contributed by atoms with Gasteiger partial charge in [0, 0.05) is 28.3 Å². The lowest BCUT2D eigenvalue weighted by Crippen LogP contribution is -2.33. The second-order valence-electron chi connectivity index (χ2n) is 5.37. The molecule has 0 bridgehead atoms. The Morgan fingerprint density at radius 3 is 2.24 bits per heavy atom. The maximum absolute atomic E-state index is 10.6. The number of nitro groups is 1. The largest absolute Gasteiger partial charge is 0.382 e. The number of hydrogen-bond donors (Lipinski definition) is 1. The number of hydrogen-bond acceptors (Lipinski definition) is 3. The quantitative estimate of drug-likeness (QED) is 0.643. The number of nitrogens with zero attached hydrogens (tertiary/aromatic N) is 1. The number of non-ortho nitro benzene ring substituents is 1. The van der Waals surface area contributed by atoms with Crippen molar-refractivity contribution >= 4 is 27.3 Å². The predicted octanol–water partition coefficient (Wildman–Crippen LogP) is 4.72. The summed E-state index contributed by atoms with van der Waals surface area (Å²) >= 11 is 3.45. The Bertz CT molecular complexity index is 634. The van der Waals surface area contributed by atoms with Crippen LogP contribution in [0.1, 0.15) is 24.3 Å². The molecule has 1 aliphatic carbocycles. The maximum Gasteiger partial charge on any atom is 0.269 e. The van der Waals surface area contributed by atoms with Gasteiger partial charge in [-0.25, -0.2) is 0 Å². The van der Waals surface area contributed by atoms with Gasteiger partial charge in [-0.3, -0.25) is 10.1 Å². The van der Waals surface area contributed by atoms with Crippen LogP contribution in [0.2, 0.25) is 0 Å². The van der Waals surface area contributed by atoms with Crippen molar-refractivity contribution in [3.8, 4) is 0 Å². The Morgan fingerprint density at radius 2 is 1.67 bits per heavy atom. The smallest absolute Gasteiger partial charge is 0.269 e. The van der Waals surface area contributed by atoms with Gasteiger partial charge in [0.05, 0.1) is 4.92 Å². The lowest BCUT2D eigenvalue weighted by atomic mass is 9.76. The molecule has 21 heavy (non-hydrogen) atoms. The minimum atomic E-state index is -0.378. The van der Waals surface area contributed by atoms with E-state index in [1.165, 1.54) is 17.7 Å². The number of nitro benzene ring substituents is 1. The Balaban J connectivity index is 1.54. The molecule has 0 saturated heterocycles. The molecule has 108 valence electrons. The van der Waals surface area contributed by atoms with Crippen molar-refractivity contribution in [3.05, 3.63) is 68.7 Å². The highest BCUT2D eigenvalue weighted by molar-refractivity contribution is 9.10. The van der Waals surface area contributed by atoms with Crippen molar-refractivity contribution in [1.29, 1.82) is 0 Å². The summed E-state index contributed by atoms with van der Waals surface area (Å²) in [5, 5.41) is 14.0. The van der Waals surface area contributed by atoms with E-state index < -0.39 is 0 Å². The van der Waals surface area contributed by atoms with Gasteiger partial charge in [-0.05, 0) is 48.6 Å². The van der Waals surface area contributed by atoms with Crippen molar-refractivity contribution in [2.75, 3.05) is 5.32 Å². The van der Waals surface area contributed by atoms with Gasteiger partial charge in [0.25, 0.3) is 5.69 Å². The van der Waals surface area contributed by atoms with Crippen LogP contribution in [0.3, 0.4) is 0 Å². The van der Waals surface area contributed by atoms with Crippen LogP contribution in [0.25, 0.3) is 0 Å². The molecule has 0 aliphatic heterocycles. The molecule has 4 nitrogen and oxygen atoms in total. The summed E-state index contributed by atoms with van der Waals surface area (Å²) in [6.07, 6.45) is 2.19. The molecule has 5 heteroatoms. The normalized spacial score (nSPS) is 20.6. The van der Waals surface area contributed by atoms with E-state index in [4.69, 9.17) is 0 Å². The Kier molecular flexibility index (Phi) is 3.92. The van der Waals surface area contributed by atoms with Crippen molar-refractivity contribution in [2.24, 2.45) is 0 Å². The number of nitrogens with one attached hydrogen (secondary N) is 1. The van der Waals surface area contributed by atoms with Crippen molar-refractivity contribution in [1.82, 2.24) is 0 Å². The number of benzene rings is 2. The summed E-state index contributed by atoms with van der Waals surface area (Å²) in [7, 11) is 0. The highest BCUT2D eigenvalue weighted by Crippen LogP contribution is 2.38. The van der Waals surface area contributed by atoms with E-state index in [2.05, 4.69) is 45.5 Å². The SMILES string of the molecule is O=[N+]([O-])c1ccc(NC2CC(c3ccc(Br)cc3)C2)cc1. The fraction of sp³-hybridized carbons (Fsp3) is 0.250. The fourth-order valence-corrected chi connectivity index (χ4v) is 2.92. The summed E-state index contributed by atoms with van der Waals surface area (Å²) in [5.74, 6) is 0.605. The monoisotopic (exact) mass is 346 g/mol. The zero-order valence-electron chi connectivity index (χ0n) is 11.3. The average molecular weight is 347 g/mol. The van der Waals surface area contributed by atoms with Gasteiger partial charge in [-0.15, -0.1) is 0 Å². The van der Waals surface area contributed by atoms with E-state index >= 15 is 0 Å². The predicted molar refractivity (Wildman–Crippen MR) is 86.6 cm³/mol. The first kappa shape index (κ1) is 14.1. The summed E-state index contributed by atoms with van der Waals surface area (Å²) in [6, 6.07) is 15.5. The van der Waals surface area contributed by atoms with Gasteiger partial charge >= 0.3 is 0 Å². The molecule has 3 rings (SSSR count). The molecular weight excluding hydrogens is 332 g/mol. The molecular formula is C16H15BrN2O2. The van der Waals surface area contributed by atoms with Gasteiger partial charge in [0.2, 0.25) is 0 Å². The first-order chi connectivity index (χ1) is 10.1. The van der Waals surface area contributed by atoms with E-state index in [0.717, 1.165) is 23.0 Å². The Morgan fingerprint density at radius 1 is 1.05 bits per heavy atom. The average Bonchev–Trinajstić information content (AvgIpc) is 2.44. The van der Waals surface area contributed by atoms with Crippen molar-refractivity contribution in [3.63, 3.8) is 0 Å². The highest BCUT2D eigenvalue weighted by atomic mass is 79.9. The second kappa shape index (κ2) is 5.85. The van der Waals surface area contributed by atoms with Crippen LogP contribution in [0.15, 0.2) is 53.0 Å². The number of halogens is 1. The van der Waals surface area contributed by atoms with E-state index in [-0.39, 0.29) is 10.6 Å². The van der Waals surface area contributed by atoms with Crippen LogP contribution in [0, 0.1) is 10.1 Å². The van der Waals surface area contributed by atoms with E-state index in [0.29, 0.717) is 12.0 Å². The third-order valence-electron chi connectivity index (χ3n) is 3.93. The molecule has 0 spiro atoms. The van der Waals surface area contributed by atoms with Crippen LogP contribution in [0.4, 0.5) is 11.4 Å². The molecule has 0 radical (unpaired) electrons. The topological polar surface area (TPSA) is 55.2 Å². The summed E-state index contributed by atoms with van der Waals surface area (Å²) in [5.41, 5.74) is 2.45. The third-order valence-corrected chi connectivity index (χ3v) is 4.46. The van der Waals surface area contributed by atoms with Gasteiger partial charge in [0.1, 0.15) is 0 Å². The van der Waals surface area contributed by atoms with Crippen LogP contribution in [-0.2, 0) is 0 Å². The molecule has 0 aromatic heterocycles. The van der Waals surface area contributed by atoms with Gasteiger partial charge < -0.3 is 5.32 Å². The van der Waals surface area contributed by atoms with Crippen LogP contribution < -0.4 is 5.32 Å². The highest BCUT2D eigenvalue weighted by Gasteiger charge is 2.30. The second-order valence-corrected chi connectivity index (χ2v) is 6.28. The lowest BCUT2D eigenvalue weighted by Gasteiger charge is -2.37. The summed E-state index contributed by atoms with van der Waals surface area (Å²) in [4.78, 5) is 10.2. The first-order valence-corrected chi connectivity index (χ1v) is 7.67. The molecule has 0 unspecified atom stereocenters. The molecule has 1 saturated carbocycles. The summed E-state index contributed by atoms with van der Waals surface area (Å²) in [6.45, 7) is 0. The zero-order chi connectivity index (χ0) is 14.8. The molecule has 1 aliphatic rings. The molecule has 0 atom stereocenters. The standard InChI is InChI=1S/C16H15BrN2O2/c17-13-3-1-11(2-4-13)12-9-15(10-12)18-14-5-7-16(8-6-14)19(20)21/h1-8,12,15,18H,9-10H2. The maximum atomic E-state index is 10.6. The molecule has 0 amide bonds. The third kappa shape index (κ3) is 3.24. The zero-order valence-corrected chi connectivity index (χ0v) is 12.9. The summed E-state index contributed by atoms with van der Waals surface area (Å²) < 4.78 is 1.10. The molecule has 2 aromatic carbocycles. The van der Waals surface area contributed by atoms with Crippen molar-refractivity contribution in [2.45, 2.75) is 24.8 Å². The first-order valence-electron chi connectivity index (χ1n) is 6.88. The lowest BCUT2D eigenvalue weighted by molar-refractivity contribution is -0.384. The van der Waals surface area contributed by atoms with E-state index in [9.17, 15) is 10.1 Å². The van der Waals surface area contributed by atoms with Crippen LogP contribution in [-0.4, -0.2) is 11.0 Å². The van der Waals surface area contributed by atoms with Crippen LogP contribution in [0.5, 0.6) is 0 Å². The minimum Gasteiger partial charge on any atom is -0.382 e. The van der Waals surface area contributed by atoms with Gasteiger partial charge in [-0.2, -0.15) is 0 Å². The number of anilines is 1. The van der Waals surface area contributed by atoms with E-state index in [1.807, 2.05) is 0 Å². The van der Waals surface area contributed by atoms with Gasteiger partial charge in [-0.1, -0.05) is 28.1 Å². The molecule has 1 N–H and O–H groups in total. The van der Waals surface area contributed by atoms with E-state index in [1.54, 1.807) is 12.1 Å².